The Morgan fingerprint density at radius 2 is 1.75 bits per heavy atom. The molecular formula is C21H30Cl2N4O. The van der Waals surface area contributed by atoms with E-state index in [2.05, 4.69) is 33.7 Å². The van der Waals surface area contributed by atoms with Gasteiger partial charge in [-0.2, -0.15) is 0 Å². The molecule has 0 aromatic carbocycles. The normalized spacial score (nSPS) is 15.8. The number of anilines is 1. The van der Waals surface area contributed by atoms with Crippen molar-refractivity contribution in [3.05, 3.63) is 34.3 Å². The number of piperidine rings is 1. The topological polar surface area (TPSA) is 62.1 Å². The highest BCUT2D eigenvalue weighted by Gasteiger charge is 2.32. The Balaban J connectivity index is 0.00000136. The fourth-order valence-corrected chi connectivity index (χ4v) is 4.05. The summed E-state index contributed by atoms with van der Waals surface area (Å²) in [6.07, 6.45) is 7.96. The molecule has 2 aromatic heterocycles. The first kappa shape index (κ1) is 22.9. The van der Waals surface area contributed by atoms with E-state index in [4.69, 9.17) is 23.2 Å². The van der Waals surface area contributed by atoms with Gasteiger partial charge in [0.15, 0.2) is 5.82 Å². The van der Waals surface area contributed by atoms with Gasteiger partial charge in [0.25, 0.3) is 0 Å². The first-order chi connectivity index (χ1) is 13.5. The molecule has 0 atom stereocenters. The van der Waals surface area contributed by atoms with Crippen LogP contribution < -0.4 is 4.90 Å². The zero-order valence-electron chi connectivity index (χ0n) is 17.2. The molecule has 0 radical (unpaired) electrons. The average Bonchev–Trinajstić information content (AvgIpc) is 2.77. The Morgan fingerprint density at radius 3 is 2.32 bits per heavy atom. The van der Waals surface area contributed by atoms with Gasteiger partial charge in [0, 0.05) is 24.8 Å². The van der Waals surface area contributed by atoms with E-state index in [0.29, 0.717) is 27.4 Å². The summed E-state index contributed by atoms with van der Waals surface area (Å²) in [5, 5.41) is 10.4. The first-order valence-corrected chi connectivity index (χ1v) is 10.8. The van der Waals surface area contributed by atoms with Crippen LogP contribution in [0.2, 0.25) is 10.2 Å². The maximum Gasteiger partial charge on any atom is 0.152 e. The maximum atomic E-state index is 9.84. The molecule has 2 aromatic rings. The molecule has 1 N–H and O–H groups in total. The molecular weight excluding hydrogens is 395 g/mol. The van der Waals surface area contributed by atoms with E-state index in [1.54, 1.807) is 18.5 Å². The highest BCUT2D eigenvalue weighted by Crippen LogP contribution is 2.39. The lowest BCUT2D eigenvalue weighted by molar-refractivity contribution is 0.198. The van der Waals surface area contributed by atoms with Crippen LogP contribution in [-0.2, 0) is 6.61 Å². The lowest BCUT2D eigenvalue weighted by Crippen LogP contribution is -2.40. The second kappa shape index (κ2) is 10.4. The van der Waals surface area contributed by atoms with Crippen molar-refractivity contribution in [3.8, 4) is 11.3 Å². The van der Waals surface area contributed by atoms with Crippen LogP contribution in [-0.4, -0.2) is 33.1 Å². The fourth-order valence-electron chi connectivity index (χ4n) is 3.69. The number of halogens is 2. The molecule has 1 aliphatic heterocycles. The Labute approximate surface area is 178 Å². The van der Waals surface area contributed by atoms with E-state index in [1.807, 2.05) is 13.8 Å². The van der Waals surface area contributed by atoms with Crippen LogP contribution in [0.15, 0.2) is 18.5 Å². The molecule has 28 heavy (non-hydrogen) atoms. The van der Waals surface area contributed by atoms with E-state index in [9.17, 15) is 5.11 Å². The number of hydrogen-bond acceptors (Lipinski definition) is 5. The zero-order chi connectivity index (χ0) is 20.7. The van der Waals surface area contributed by atoms with Gasteiger partial charge in [0.1, 0.15) is 10.8 Å². The van der Waals surface area contributed by atoms with Gasteiger partial charge in [-0.15, -0.1) is 0 Å². The van der Waals surface area contributed by atoms with E-state index in [-0.39, 0.29) is 11.8 Å². The van der Waals surface area contributed by atoms with Crippen molar-refractivity contribution in [2.24, 2.45) is 5.41 Å². The van der Waals surface area contributed by atoms with Crippen molar-refractivity contribution in [1.82, 2.24) is 15.0 Å². The molecule has 154 valence electrons. The summed E-state index contributed by atoms with van der Waals surface area (Å²) >= 11 is 12.2. The predicted molar refractivity (Wildman–Crippen MR) is 117 cm³/mol. The standard InChI is InChI=1S/C19H24Cl2N4O.C2H6/c1-3-19(4-2)6-9-25(10-7-19)18-15(12-26)24-14(11-23-18)13-5-8-22-17(21)16(13)20;1-2/h5,8,11,26H,3-4,6-7,9-10,12H2,1-2H3;1-2H3. The summed E-state index contributed by atoms with van der Waals surface area (Å²) in [4.78, 5) is 15.4. The van der Waals surface area contributed by atoms with Gasteiger partial charge in [-0.1, -0.05) is 63.7 Å². The van der Waals surface area contributed by atoms with Gasteiger partial charge in [-0.25, -0.2) is 15.0 Å². The molecule has 1 fully saturated rings. The van der Waals surface area contributed by atoms with Crippen molar-refractivity contribution in [2.75, 3.05) is 18.0 Å². The molecule has 1 saturated heterocycles. The van der Waals surface area contributed by atoms with E-state index in [1.165, 1.54) is 12.8 Å². The van der Waals surface area contributed by atoms with Crippen molar-refractivity contribution in [3.63, 3.8) is 0 Å². The van der Waals surface area contributed by atoms with Crippen molar-refractivity contribution >= 4 is 29.0 Å². The SMILES string of the molecule is CC.CCC1(CC)CCN(c2ncc(-c3ccnc(Cl)c3Cl)nc2CO)CC1. The summed E-state index contributed by atoms with van der Waals surface area (Å²) in [5.41, 5.74) is 2.24. The van der Waals surface area contributed by atoms with Gasteiger partial charge in [-0.3, -0.25) is 0 Å². The van der Waals surface area contributed by atoms with E-state index >= 15 is 0 Å². The highest BCUT2D eigenvalue weighted by atomic mass is 35.5. The summed E-state index contributed by atoms with van der Waals surface area (Å²) in [5.74, 6) is 0.758. The van der Waals surface area contributed by atoms with E-state index < -0.39 is 0 Å². The Bertz CT molecular complexity index is 771. The van der Waals surface area contributed by atoms with E-state index in [0.717, 1.165) is 31.7 Å². The number of aliphatic hydroxyl groups is 1. The molecule has 0 amide bonds. The Kier molecular flexibility index (Phi) is 8.47. The molecule has 0 spiro atoms. The fraction of sp³-hybridized carbons (Fsp3) is 0.571. The zero-order valence-corrected chi connectivity index (χ0v) is 18.7. The third-order valence-electron chi connectivity index (χ3n) is 5.72. The number of rotatable bonds is 5. The minimum absolute atomic E-state index is 0.171. The quantitative estimate of drug-likeness (QED) is 0.616. The second-order valence-corrected chi connectivity index (χ2v) is 7.58. The minimum atomic E-state index is -0.171. The molecule has 0 saturated carbocycles. The van der Waals surface area contributed by atoms with Crippen LogP contribution in [0.4, 0.5) is 5.82 Å². The van der Waals surface area contributed by atoms with Crippen LogP contribution in [0, 0.1) is 5.41 Å². The molecule has 0 unspecified atom stereocenters. The molecule has 1 aliphatic rings. The lowest BCUT2D eigenvalue weighted by Gasteiger charge is -2.41. The molecule has 3 rings (SSSR count). The summed E-state index contributed by atoms with van der Waals surface area (Å²) in [6.45, 7) is 10.2. The molecule has 5 nitrogen and oxygen atoms in total. The maximum absolute atomic E-state index is 9.84. The molecule has 0 aliphatic carbocycles. The summed E-state index contributed by atoms with van der Waals surface area (Å²) < 4.78 is 0. The number of aromatic nitrogens is 3. The van der Waals surface area contributed by atoms with Gasteiger partial charge < -0.3 is 10.0 Å². The second-order valence-electron chi connectivity index (χ2n) is 6.84. The first-order valence-electron chi connectivity index (χ1n) is 10.1. The van der Waals surface area contributed by atoms with Crippen LogP contribution in [0.3, 0.4) is 0 Å². The van der Waals surface area contributed by atoms with Crippen molar-refractivity contribution < 1.29 is 5.11 Å². The number of hydrogen-bond donors (Lipinski definition) is 1. The smallest absolute Gasteiger partial charge is 0.152 e. The van der Waals surface area contributed by atoms with Crippen molar-refractivity contribution in [1.29, 1.82) is 0 Å². The number of pyridine rings is 1. The lowest BCUT2D eigenvalue weighted by atomic mass is 9.74. The molecule has 7 heteroatoms. The Hall–Kier alpha value is -1.43. The Morgan fingerprint density at radius 1 is 1.11 bits per heavy atom. The number of nitrogens with zero attached hydrogens (tertiary/aromatic N) is 4. The monoisotopic (exact) mass is 424 g/mol. The third-order valence-corrected chi connectivity index (χ3v) is 6.48. The largest absolute Gasteiger partial charge is 0.390 e. The summed E-state index contributed by atoms with van der Waals surface area (Å²) in [6, 6.07) is 1.75. The number of aliphatic hydroxyl groups excluding tert-OH is 1. The molecule has 0 bridgehead atoms. The van der Waals surface area contributed by atoms with Gasteiger partial charge >= 0.3 is 0 Å². The summed E-state index contributed by atoms with van der Waals surface area (Å²) in [7, 11) is 0. The van der Waals surface area contributed by atoms with Crippen LogP contribution >= 0.6 is 23.2 Å². The van der Waals surface area contributed by atoms with Crippen LogP contribution in [0.1, 0.15) is 59.1 Å². The minimum Gasteiger partial charge on any atom is -0.390 e. The van der Waals surface area contributed by atoms with Gasteiger partial charge in [0.05, 0.1) is 23.5 Å². The van der Waals surface area contributed by atoms with Crippen LogP contribution in [0.5, 0.6) is 0 Å². The molecule has 3 heterocycles. The predicted octanol–water partition coefficient (Wildman–Crippen LogP) is 5.77. The van der Waals surface area contributed by atoms with Gasteiger partial charge in [-0.05, 0) is 24.3 Å². The average molecular weight is 425 g/mol. The van der Waals surface area contributed by atoms with Gasteiger partial charge in [0.2, 0.25) is 0 Å². The highest BCUT2D eigenvalue weighted by molar-refractivity contribution is 6.42. The third kappa shape index (κ3) is 4.76. The van der Waals surface area contributed by atoms with Crippen molar-refractivity contribution in [2.45, 2.75) is 60.0 Å². The van der Waals surface area contributed by atoms with Crippen LogP contribution in [0.25, 0.3) is 11.3 Å².